The van der Waals surface area contributed by atoms with Gasteiger partial charge in [0.25, 0.3) is 0 Å². The number of thiophene rings is 1. The molecule has 6 nitrogen and oxygen atoms in total. The molecule has 3 aromatic rings. The molecule has 2 aromatic carbocycles. The Hall–Kier alpha value is -3.63. The molecule has 2 unspecified atom stereocenters. The SMILES string of the molecule is Cc1ccc(N2C(=O)CCC(C(=O)N3CCCN(c4ccc(C#N)cc4)CC3)C2c2cccs2)cc1. The molecule has 0 spiro atoms. The highest BCUT2D eigenvalue weighted by Gasteiger charge is 2.43. The van der Waals surface area contributed by atoms with E-state index in [0.717, 1.165) is 41.3 Å². The van der Waals surface area contributed by atoms with Crippen molar-refractivity contribution in [3.8, 4) is 6.07 Å². The number of benzene rings is 2. The van der Waals surface area contributed by atoms with Crippen molar-refractivity contribution in [2.45, 2.75) is 32.2 Å². The predicted octanol–water partition coefficient (Wildman–Crippen LogP) is 5.15. The van der Waals surface area contributed by atoms with Gasteiger partial charge in [0.05, 0.1) is 23.6 Å². The van der Waals surface area contributed by atoms with E-state index < -0.39 is 0 Å². The van der Waals surface area contributed by atoms with Crippen LogP contribution in [-0.4, -0.2) is 42.9 Å². The lowest BCUT2D eigenvalue weighted by Gasteiger charge is -2.41. The van der Waals surface area contributed by atoms with Crippen molar-refractivity contribution < 1.29 is 9.59 Å². The van der Waals surface area contributed by atoms with E-state index in [1.807, 2.05) is 82.8 Å². The third kappa shape index (κ3) is 4.87. The molecule has 3 heterocycles. The molecule has 0 radical (unpaired) electrons. The number of aryl methyl sites for hydroxylation is 1. The number of nitrogens with zero attached hydrogens (tertiary/aromatic N) is 4. The highest BCUT2D eigenvalue weighted by Crippen LogP contribution is 2.42. The second-order valence-electron chi connectivity index (χ2n) is 9.53. The zero-order valence-corrected chi connectivity index (χ0v) is 21.3. The number of hydrogen-bond donors (Lipinski definition) is 0. The first-order chi connectivity index (χ1) is 17.5. The Kier molecular flexibility index (Phi) is 7.06. The predicted molar refractivity (Wildman–Crippen MR) is 143 cm³/mol. The molecule has 0 bridgehead atoms. The summed E-state index contributed by atoms with van der Waals surface area (Å²) in [4.78, 5) is 34.4. The number of rotatable bonds is 4. The molecule has 2 aliphatic heterocycles. The van der Waals surface area contributed by atoms with Crippen LogP contribution < -0.4 is 9.80 Å². The molecular weight excluding hydrogens is 468 g/mol. The quantitative estimate of drug-likeness (QED) is 0.499. The van der Waals surface area contributed by atoms with E-state index in [4.69, 9.17) is 5.26 Å². The summed E-state index contributed by atoms with van der Waals surface area (Å²) in [5.74, 6) is -0.0621. The Morgan fingerprint density at radius 2 is 1.72 bits per heavy atom. The largest absolute Gasteiger partial charge is 0.370 e. The smallest absolute Gasteiger partial charge is 0.228 e. The standard InChI is InChI=1S/C29H30N4O2S/c1-21-5-9-24(10-6-21)33-27(34)14-13-25(28(33)26-4-2-19-36-26)29(35)32-16-3-15-31(17-18-32)23-11-7-22(20-30)8-12-23/h2,4-12,19,25,28H,3,13-18H2,1H3. The summed E-state index contributed by atoms with van der Waals surface area (Å²) in [6.07, 6.45) is 1.82. The van der Waals surface area contributed by atoms with Crippen LogP contribution in [0.2, 0.25) is 0 Å². The number of hydrogen-bond acceptors (Lipinski definition) is 5. The molecule has 7 heteroatoms. The van der Waals surface area contributed by atoms with Gasteiger partial charge >= 0.3 is 0 Å². The second kappa shape index (κ2) is 10.5. The molecule has 2 atom stereocenters. The Morgan fingerprint density at radius 3 is 2.42 bits per heavy atom. The first-order valence-electron chi connectivity index (χ1n) is 12.5. The maximum absolute atomic E-state index is 14.0. The van der Waals surface area contributed by atoms with Crippen LogP contribution in [0.1, 0.15) is 41.3 Å². The molecule has 2 amide bonds. The van der Waals surface area contributed by atoms with Gasteiger partial charge in [-0.05, 0) is 67.6 Å². The van der Waals surface area contributed by atoms with Gasteiger partial charge in [-0.1, -0.05) is 23.8 Å². The normalized spacial score (nSPS) is 20.7. The fraction of sp³-hybridized carbons (Fsp3) is 0.345. The molecule has 2 saturated heterocycles. The maximum Gasteiger partial charge on any atom is 0.228 e. The molecule has 5 rings (SSSR count). The lowest BCUT2D eigenvalue weighted by molar-refractivity contribution is -0.138. The van der Waals surface area contributed by atoms with E-state index in [0.29, 0.717) is 31.5 Å². The van der Waals surface area contributed by atoms with Crippen molar-refractivity contribution in [1.29, 1.82) is 5.26 Å². The summed E-state index contributed by atoms with van der Waals surface area (Å²) < 4.78 is 0. The van der Waals surface area contributed by atoms with Crippen molar-refractivity contribution in [2.75, 3.05) is 36.0 Å². The zero-order chi connectivity index (χ0) is 25.1. The van der Waals surface area contributed by atoms with Gasteiger partial charge in [-0.25, -0.2) is 0 Å². The number of anilines is 2. The van der Waals surface area contributed by atoms with Crippen LogP contribution in [0, 0.1) is 24.2 Å². The van der Waals surface area contributed by atoms with Gasteiger partial charge in [0.1, 0.15) is 0 Å². The van der Waals surface area contributed by atoms with Crippen LogP contribution in [0.15, 0.2) is 66.0 Å². The molecule has 0 aliphatic carbocycles. The minimum atomic E-state index is -0.292. The number of carbonyl (C=O) groups is 2. The number of amides is 2. The van der Waals surface area contributed by atoms with Crippen LogP contribution in [0.25, 0.3) is 0 Å². The summed E-state index contributed by atoms with van der Waals surface area (Å²) in [5.41, 5.74) is 3.72. The molecule has 2 aliphatic rings. The van der Waals surface area contributed by atoms with Crippen molar-refractivity contribution >= 4 is 34.5 Å². The van der Waals surface area contributed by atoms with Gasteiger partial charge in [-0.3, -0.25) is 9.59 Å². The summed E-state index contributed by atoms with van der Waals surface area (Å²) in [6, 6.07) is 21.6. The first kappa shape index (κ1) is 24.1. The van der Waals surface area contributed by atoms with Crippen molar-refractivity contribution in [3.63, 3.8) is 0 Å². The van der Waals surface area contributed by atoms with Crippen LogP contribution in [-0.2, 0) is 9.59 Å². The van der Waals surface area contributed by atoms with Gasteiger partial charge in [-0.15, -0.1) is 11.3 Å². The molecule has 0 N–H and O–H groups in total. The van der Waals surface area contributed by atoms with Crippen molar-refractivity contribution in [2.24, 2.45) is 5.92 Å². The van der Waals surface area contributed by atoms with Crippen LogP contribution in [0.3, 0.4) is 0 Å². The van der Waals surface area contributed by atoms with Crippen LogP contribution >= 0.6 is 11.3 Å². The lowest BCUT2D eigenvalue weighted by atomic mass is 9.85. The summed E-state index contributed by atoms with van der Waals surface area (Å²) in [7, 11) is 0. The fourth-order valence-corrected chi connectivity index (χ4v) is 6.20. The third-order valence-electron chi connectivity index (χ3n) is 7.23. The number of piperidine rings is 1. The maximum atomic E-state index is 14.0. The topological polar surface area (TPSA) is 67.7 Å². The summed E-state index contributed by atoms with van der Waals surface area (Å²) >= 11 is 1.61. The van der Waals surface area contributed by atoms with E-state index in [-0.39, 0.29) is 23.8 Å². The van der Waals surface area contributed by atoms with Gasteiger partial charge in [-0.2, -0.15) is 5.26 Å². The van der Waals surface area contributed by atoms with Crippen molar-refractivity contribution in [1.82, 2.24) is 4.90 Å². The molecule has 36 heavy (non-hydrogen) atoms. The fourth-order valence-electron chi connectivity index (χ4n) is 5.32. The van der Waals surface area contributed by atoms with E-state index >= 15 is 0 Å². The molecule has 184 valence electrons. The third-order valence-corrected chi connectivity index (χ3v) is 8.17. The lowest BCUT2D eigenvalue weighted by Crippen LogP contribution is -2.49. The highest BCUT2D eigenvalue weighted by molar-refractivity contribution is 7.10. The Labute approximate surface area is 216 Å². The first-order valence-corrected chi connectivity index (χ1v) is 13.4. The average molecular weight is 499 g/mol. The van der Waals surface area contributed by atoms with E-state index in [1.165, 1.54) is 0 Å². The molecular formula is C29H30N4O2S. The van der Waals surface area contributed by atoms with E-state index in [1.54, 1.807) is 11.3 Å². The Morgan fingerprint density at radius 1 is 0.972 bits per heavy atom. The van der Waals surface area contributed by atoms with Crippen LogP contribution in [0.4, 0.5) is 11.4 Å². The van der Waals surface area contributed by atoms with Gasteiger partial charge in [0, 0.05) is 48.9 Å². The van der Waals surface area contributed by atoms with E-state index in [2.05, 4.69) is 11.0 Å². The Balaban J connectivity index is 1.38. The summed E-state index contributed by atoms with van der Waals surface area (Å²) in [6.45, 7) is 4.99. The van der Waals surface area contributed by atoms with Gasteiger partial charge in [0.15, 0.2) is 0 Å². The highest BCUT2D eigenvalue weighted by atomic mass is 32.1. The average Bonchev–Trinajstić information content (AvgIpc) is 3.33. The molecule has 0 saturated carbocycles. The van der Waals surface area contributed by atoms with Crippen molar-refractivity contribution in [3.05, 3.63) is 82.0 Å². The minimum Gasteiger partial charge on any atom is -0.370 e. The molecule has 2 fully saturated rings. The zero-order valence-electron chi connectivity index (χ0n) is 20.5. The number of nitriles is 1. The molecule has 1 aromatic heterocycles. The minimum absolute atomic E-state index is 0.0733. The monoisotopic (exact) mass is 498 g/mol. The second-order valence-corrected chi connectivity index (χ2v) is 10.5. The Bertz CT molecular complexity index is 1250. The van der Waals surface area contributed by atoms with E-state index in [9.17, 15) is 9.59 Å². The summed E-state index contributed by atoms with van der Waals surface area (Å²) in [5, 5.41) is 11.1. The van der Waals surface area contributed by atoms with Gasteiger partial charge < -0.3 is 14.7 Å². The van der Waals surface area contributed by atoms with Gasteiger partial charge in [0.2, 0.25) is 11.8 Å². The van der Waals surface area contributed by atoms with Crippen LogP contribution in [0.5, 0.6) is 0 Å². The number of carbonyl (C=O) groups excluding carboxylic acids is 2.